The van der Waals surface area contributed by atoms with Crippen LogP contribution >= 0.6 is 11.3 Å². The predicted octanol–water partition coefficient (Wildman–Crippen LogP) is 7.54. The Morgan fingerprint density at radius 3 is 2.49 bits per heavy atom. The molecule has 0 fully saturated rings. The zero-order valence-electron chi connectivity index (χ0n) is 18.9. The average Bonchev–Trinajstić information content (AvgIpc) is 3.25. The van der Waals surface area contributed by atoms with Crippen LogP contribution in [0.1, 0.15) is 29.4 Å². The molecule has 4 nitrogen and oxygen atoms in total. The Kier molecular flexibility index (Phi) is 5.84. The van der Waals surface area contributed by atoms with Crippen LogP contribution in [0.2, 0.25) is 0 Å². The summed E-state index contributed by atoms with van der Waals surface area (Å²) >= 11 is 1.44. The first-order chi connectivity index (χ1) is 16.7. The summed E-state index contributed by atoms with van der Waals surface area (Å²) in [4.78, 5) is 18.1. The molecule has 5 rings (SSSR count). The Balaban J connectivity index is 1.50. The molecule has 0 aliphatic heterocycles. The van der Waals surface area contributed by atoms with E-state index in [9.17, 15) is 18.0 Å². The van der Waals surface area contributed by atoms with E-state index in [0.717, 1.165) is 27.9 Å². The number of rotatable bonds is 5. The summed E-state index contributed by atoms with van der Waals surface area (Å²) in [7, 11) is 0. The molecule has 0 unspecified atom stereocenters. The molecule has 35 heavy (non-hydrogen) atoms. The average molecular weight is 496 g/mol. The maximum Gasteiger partial charge on any atom is 0.416 e. The lowest BCUT2D eigenvalue weighted by molar-refractivity contribution is -0.137. The topological polar surface area (TPSA) is 52.3 Å². The van der Waals surface area contributed by atoms with Crippen LogP contribution in [0, 0.1) is 6.92 Å². The zero-order valence-corrected chi connectivity index (χ0v) is 19.7. The summed E-state index contributed by atoms with van der Waals surface area (Å²) in [6.07, 6.45) is -3.78. The molecule has 0 atom stereocenters. The fraction of sp³-hybridized carbons (Fsp3) is 0.185. The number of ether oxygens (including phenoxy) is 1. The number of aryl methyl sites for hydroxylation is 2. The van der Waals surface area contributed by atoms with E-state index in [1.807, 2.05) is 31.2 Å². The van der Waals surface area contributed by atoms with Crippen molar-refractivity contribution in [1.82, 2.24) is 4.98 Å². The van der Waals surface area contributed by atoms with E-state index < -0.39 is 11.7 Å². The highest BCUT2D eigenvalue weighted by Gasteiger charge is 2.30. The van der Waals surface area contributed by atoms with Crippen LogP contribution in [0.4, 0.5) is 13.2 Å². The highest BCUT2D eigenvalue weighted by molar-refractivity contribution is 7.21. The molecule has 0 saturated carbocycles. The van der Waals surface area contributed by atoms with Gasteiger partial charge in [-0.1, -0.05) is 31.2 Å². The molecule has 178 valence electrons. The summed E-state index contributed by atoms with van der Waals surface area (Å²) in [5, 5.41) is 1.05. The van der Waals surface area contributed by atoms with Crippen molar-refractivity contribution in [3.05, 3.63) is 93.3 Å². The Bertz CT molecular complexity index is 1570. The van der Waals surface area contributed by atoms with Gasteiger partial charge in [-0.15, -0.1) is 11.3 Å². The summed E-state index contributed by atoms with van der Waals surface area (Å²) in [6.45, 7) is 3.76. The molecule has 5 aromatic rings. The number of benzene rings is 3. The molecule has 0 aliphatic rings. The number of alkyl halides is 3. The maximum atomic E-state index is 13.5. The minimum absolute atomic E-state index is 0.0870. The lowest BCUT2D eigenvalue weighted by Crippen LogP contribution is -2.09. The van der Waals surface area contributed by atoms with Gasteiger partial charge in [0.2, 0.25) is 5.43 Å². The molecule has 0 aliphatic carbocycles. The van der Waals surface area contributed by atoms with Gasteiger partial charge in [0.1, 0.15) is 28.7 Å². The number of fused-ring (bicyclic) bond motifs is 2. The molecule has 2 heterocycles. The third-order valence-corrected chi connectivity index (χ3v) is 6.87. The molecule has 0 spiro atoms. The molecule has 0 radical (unpaired) electrons. The molecule has 2 aromatic heterocycles. The second-order valence-corrected chi connectivity index (χ2v) is 9.17. The molecule has 0 N–H and O–H groups in total. The van der Waals surface area contributed by atoms with Crippen molar-refractivity contribution < 1.29 is 22.3 Å². The van der Waals surface area contributed by atoms with Gasteiger partial charge in [0.05, 0.1) is 26.7 Å². The molecule has 8 heteroatoms. The Morgan fingerprint density at radius 1 is 1.06 bits per heavy atom. The smallest absolute Gasteiger partial charge is 0.416 e. The highest BCUT2D eigenvalue weighted by atomic mass is 32.1. The van der Waals surface area contributed by atoms with Gasteiger partial charge >= 0.3 is 6.18 Å². The van der Waals surface area contributed by atoms with Crippen molar-refractivity contribution in [3.8, 4) is 16.3 Å². The first kappa shape index (κ1) is 23.1. The van der Waals surface area contributed by atoms with Crippen LogP contribution in [0.15, 0.2) is 69.9 Å². The van der Waals surface area contributed by atoms with Crippen LogP contribution < -0.4 is 10.2 Å². The van der Waals surface area contributed by atoms with Gasteiger partial charge in [0.25, 0.3) is 0 Å². The highest BCUT2D eigenvalue weighted by Crippen LogP contribution is 2.34. The quantitative estimate of drug-likeness (QED) is 0.253. The van der Waals surface area contributed by atoms with Crippen LogP contribution in [0.5, 0.6) is 5.75 Å². The number of thiazole rings is 1. The minimum atomic E-state index is -4.38. The van der Waals surface area contributed by atoms with E-state index >= 15 is 0 Å². The Morgan fingerprint density at radius 2 is 1.80 bits per heavy atom. The van der Waals surface area contributed by atoms with Crippen LogP contribution in [0.25, 0.3) is 31.8 Å². The molecule has 0 amide bonds. The summed E-state index contributed by atoms with van der Waals surface area (Å²) in [5.74, 6) is 0.981. The molecular formula is C27H20F3NO3S. The number of para-hydroxylation sites is 1. The number of nitrogens with zero attached hydrogens (tertiary/aromatic N) is 1. The zero-order chi connectivity index (χ0) is 24.7. The predicted molar refractivity (Wildman–Crippen MR) is 131 cm³/mol. The van der Waals surface area contributed by atoms with Gasteiger partial charge in [-0.25, -0.2) is 4.98 Å². The van der Waals surface area contributed by atoms with Crippen molar-refractivity contribution in [1.29, 1.82) is 0 Å². The number of halogens is 3. The van der Waals surface area contributed by atoms with Gasteiger partial charge in [-0.05, 0) is 54.8 Å². The fourth-order valence-electron chi connectivity index (χ4n) is 3.97. The largest absolute Gasteiger partial charge is 0.488 e. The van der Waals surface area contributed by atoms with Gasteiger partial charge in [-0.3, -0.25) is 4.79 Å². The summed E-state index contributed by atoms with van der Waals surface area (Å²) in [5.41, 5.74) is 2.19. The normalized spacial score (nSPS) is 11.9. The number of aromatic nitrogens is 1. The monoisotopic (exact) mass is 495 g/mol. The summed E-state index contributed by atoms with van der Waals surface area (Å²) < 4.78 is 51.4. The minimum Gasteiger partial charge on any atom is -0.488 e. The Labute approximate surface area is 202 Å². The van der Waals surface area contributed by atoms with Crippen molar-refractivity contribution in [3.63, 3.8) is 0 Å². The molecule has 3 aromatic carbocycles. The van der Waals surface area contributed by atoms with E-state index in [0.29, 0.717) is 45.0 Å². The van der Waals surface area contributed by atoms with E-state index in [1.54, 1.807) is 19.1 Å². The Hall–Kier alpha value is -3.65. The van der Waals surface area contributed by atoms with Crippen LogP contribution in [-0.2, 0) is 19.2 Å². The van der Waals surface area contributed by atoms with Gasteiger partial charge < -0.3 is 9.15 Å². The van der Waals surface area contributed by atoms with E-state index in [4.69, 9.17) is 9.15 Å². The van der Waals surface area contributed by atoms with Gasteiger partial charge in [0.15, 0.2) is 0 Å². The van der Waals surface area contributed by atoms with E-state index in [1.165, 1.54) is 23.5 Å². The first-order valence-electron chi connectivity index (χ1n) is 11.0. The van der Waals surface area contributed by atoms with Crippen LogP contribution in [0.3, 0.4) is 0 Å². The third-order valence-electron chi connectivity index (χ3n) is 5.81. The summed E-state index contributed by atoms with van der Waals surface area (Å²) in [6, 6.07) is 16.0. The second kappa shape index (κ2) is 8.85. The van der Waals surface area contributed by atoms with Crippen molar-refractivity contribution in [2.24, 2.45) is 0 Å². The van der Waals surface area contributed by atoms with Gasteiger partial charge in [-0.2, -0.15) is 13.2 Å². The molecular weight excluding hydrogens is 475 g/mol. The standard InChI is InChI=1S/C27H20F3NO3S/c1-3-17-12-19-22(13-21(17)33-14-16-8-10-18(11-9-16)27(28,29)30)34-15(2)24(25(19)32)26-31-20-6-4-5-7-23(20)35-26/h4-13H,3,14H2,1-2H3. The maximum absolute atomic E-state index is 13.5. The lowest BCUT2D eigenvalue weighted by Gasteiger charge is -2.13. The lowest BCUT2D eigenvalue weighted by atomic mass is 10.1. The first-order valence-corrected chi connectivity index (χ1v) is 11.8. The SMILES string of the molecule is CCc1cc2c(=O)c(-c3nc4ccccc4s3)c(C)oc2cc1OCc1ccc(C(F)(F)F)cc1. The van der Waals surface area contributed by atoms with Crippen molar-refractivity contribution in [2.75, 3.05) is 0 Å². The van der Waals surface area contributed by atoms with Crippen molar-refractivity contribution in [2.45, 2.75) is 33.1 Å². The fourth-order valence-corrected chi connectivity index (χ4v) is 5.02. The third kappa shape index (κ3) is 4.41. The number of hydrogen-bond donors (Lipinski definition) is 0. The second-order valence-electron chi connectivity index (χ2n) is 8.14. The number of hydrogen-bond acceptors (Lipinski definition) is 5. The van der Waals surface area contributed by atoms with E-state index in [-0.39, 0.29) is 12.0 Å². The molecule has 0 saturated heterocycles. The van der Waals surface area contributed by atoms with Crippen LogP contribution in [-0.4, -0.2) is 4.98 Å². The van der Waals surface area contributed by atoms with Gasteiger partial charge in [0, 0.05) is 6.07 Å². The van der Waals surface area contributed by atoms with E-state index in [2.05, 4.69) is 4.98 Å². The molecule has 0 bridgehead atoms. The van der Waals surface area contributed by atoms with Crippen molar-refractivity contribution >= 4 is 32.5 Å².